The summed E-state index contributed by atoms with van der Waals surface area (Å²) in [5.74, 6) is 2.51. The van der Waals surface area contributed by atoms with Gasteiger partial charge in [-0.05, 0) is 25.1 Å². The topological polar surface area (TPSA) is 34.4 Å². The monoisotopic (exact) mass is 295 g/mol. The van der Waals surface area contributed by atoms with Crippen LogP contribution in [0, 0.1) is 0 Å². The SMILES string of the molecule is CC.CCOc1ccc2cc(C3CNC3)oc2c1.CP. The molecule has 0 aliphatic carbocycles. The molecule has 1 fully saturated rings. The maximum Gasteiger partial charge on any atom is 0.137 e. The molecule has 3 rings (SSSR count). The molecule has 2 aromatic rings. The number of rotatable bonds is 3. The van der Waals surface area contributed by atoms with E-state index in [4.69, 9.17) is 9.15 Å². The van der Waals surface area contributed by atoms with Crippen LogP contribution in [-0.2, 0) is 0 Å². The molecule has 0 saturated carbocycles. The highest BCUT2D eigenvalue weighted by atomic mass is 31.0. The third-order valence-electron chi connectivity index (χ3n) is 3.01. The van der Waals surface area contributed by atoms with Gasteiger partial charge >= 0.3 is 0 Å². The molecule has 0 bridgehead atoms. The third-order valence-corrected chi connectivity index (χ3v) is 3.01. The van der Waals surface area contributed by atoms with Crippen molar-refractivity contribution in [2.24, 2.45) is 0 Å². The van der Waals surface area contributed by atoms with Crippen LogP contribution in [0.4, 0.5) is 0 Å². The molecule has 2 heterocycles. The van der Waals surface area contributed by atoms with Gasteiger partial charge in [0.2, 0.25) is 0 Å². The average Bonchev–Trinajstić information content (AvgIpc) is 2.84. The van der Waals surface area contributed by atoms with Gasteiger partial charge in [-0.25, -0.2) is 0 Å². The predicted molar refractivity (Wildman–Crippen MR) is 90.0 cm³/mol. The number of hydrogen-bond donors (Lipinski definition) is 1. The highest BCUT2D eigenvalue weighted by Crippen LogP contribution is 2.29. The first-order valence-electron chi connectivity index (χ1n) is 7.31. The van der Waals surface area contributed by atoms with Gasteiger partial charge in [0.05, 0.1) is 6.61 Å². The van der Waals surface area contributed by atoms with Crippen molar-refractivity contribution in [2.75, 3.05) is 26.4 Å². The summed E-state index contributed by atoms with van der Waals surface area (Å²) >= 11 is 0. The zero-order valence-corrected chi connectivity index (χ0v) is 14.1. The Balaban J connectivity index is 0.000000461. The van der Waals surface area contributed by atoms with Crippen LogP contribution in [-0.4, -0.2) is 26.4 Å². The van der Waals surface area contributed by atoms with Crippen molar-refractivity contribution in [3.05, 3.63) is 30.0 Å². The summed E-state index contributed by atoms with van der Waals surface area (Å²) in [7, 11) is 2.42. The minimum Gasteiger partial charge on any atom is -0.494 e. The average molecular weight is 295 g/mol. The highest BCUT2D eigenvalue weighted by molar-refractivity contribution is 7.15. The van der Waals surface area contributed by atoms with Crippen molar-refractivity contribution in [1.82, 2.24) is 5.32 Å². The van der Waals surface area contributed by atoms with Crippen LogP contribution in [0.2, 0.25) is 0 Å². The van der Waals surface area contributed by atoms with Gasteiger partial charge in [-0.3, -0.25) is 0 Å². The van der Waals surface area contributed by atoms with Gasteiger partial charge in [0.25, 0.3) is 0 Å². The number of hydrogen-bond acceptors (Lipinski definition) is 3. The lowest BCUT2D eigenvalue weighted by atomic mass is 10.0. The Bertz CT molecular complexity index is 506. The molecule has 1 aromatic heterocycles. The molecule has 1 saturated heterocycles. The fourth-order valence-corrected chi connectivity index (χ4v) is 1.98. The zero-order valence-electron chi connectivity index (χ0n) is 12.9. The maximum atomic E-state index is 5.84. The molecule has 4 heteroatoms. The van der Waals surface area contributed by atoms with Crippen molar-refractivity contribution >= 4 is 20.2 Å². The second-order valence-electron chi connectivity index (χ2n) is 4.14. The van der Waals surface area contributed by atoms with E-state index in [1.165, 1.54) is 0 Å². The fraction of sp³-hybridized carbons (Fsp3) is 0.500. The minimum absolute atomic E-state index is 0.544. The summed E-state index contributed by atoms with van der Waals surface area (Å²) in [6.07, 6.45) is 0. The van der Waals surface area contributed by atoms with Crippen LogP contribution in [0.25, 0.3) is 11.0 Å². The van der Waals surface area contributed by atoms with E-state index in [1.54, 1.807) is 0 Å². The maximum absolute atomic E-state index is 5.84. The molecule has 1 N–H and O–H groups in total. The smallest absolute Gasteiger partial charge is 0.137 e. The van der Waals surface area contributed by atoms with E-state index in [0.717, 1.165) is 35.6 Å². The quantitative estimate of drug-likeness (QED) is 0.868. The first kappa shape index (κ1) is 17.0. The lowest BCUT2D eigenvalue weighted by Gasteiger charge is -2.24. The van der Waals surface area contributed by atoms with Crippen LogP contribution in [0.15, 0.2) is 28.7 Å². The second-order valence-corrected chi connectivity index (χ2v) is 4.14. The summed E-state index contributed by atoms with van der Waals surface area (Å²) < 4.78 is 11.3. The van der Waals surface area contributed by atoms with E-state index in [0.29, 0.717) is 12.5 Å². The lowest BCUT2D eigenvalue weighted by molar-refractivity contribution is 0.339. The van der Waals surface area contributed by atoms with Crippen molar-refractivity contribution in [2.45, 2.75) is 26.7 Å². The van der Waals surface area contributed by atoms with Gasteiger partial charge in [-0.2, -0.15) is 0 Å². The molecular formula is C16H26NO2P. The number of benzene rings is 1. The largest absolute Gasteiger partial charge is 0.494 e. The number of ether oxygens (including phenoxy) is 1. The van der Waals surface area contributed by atoms with Crippen molar-refractivity contribution < 1.29 is 9.15 Å². The van der Waals surface area contributed by atoms with Crippen LogP contribution in [0.5, 0.6) is 5.75 Å². The molecule has 0 spiro atoms. The summed E-state index contributed by atoms with van der Waals surface area (Å²) in [5.41, 5.74) is 0.924. The normalized spacial score (nSPS) is 13.7. The molecule has 0 amide bonds. The predicted octanol–water partition coefficient (Wildman–Crippen LogP) is 4.04. The Hall–Kier alpha value is -1.05. The standard InChI is InChI=1S/C13H15NO2.C2H6.CH5P/c1-2-15-11-4-3-9-5-12(10-7-14-8-10)16-13(9)6-11;2*1-2/h3-6,10,14H,2,7-8H2,1H3;1-2H3;2H2,1H3. The van der Waals surface area contributed by atoms with Crippen molar-refractivity contribution in [3.8, 4) is 5.75 Å². The summed E-state index contributed by atoms with van der Waals surface area (Å²) in [6, 6.07) is 8.15. The van der Waals surface area contributed by atoms with E-state index < -0.39 is 0 Å². The van der Waals surface area contributed by atoms with Gasteiger partial charge in [-0.1, -0.05) is 20.5 Å². The molecule has 1 unspecified atom stereocenters. The Morgan fingerprint density at radius 2 is 1.95 bits per heavy atom. The van der Waals surface area contributed by atoms with Gasteiger partial charge in [0.15, 0.2) is 0 Å². The van der Waals surface area contributed by atoms with Gasteiger partial charge in [-0.15, -0.1) is 9.24 Å². The number of nitrogens with one attached hydrogen (secondary N) is 1. The summed E-state index contributed by atoms with van der Waals surface area (Å²) in [6.45, 7) is 10.6. The molecule has 1 aliphatic rings. The van der Waals surface area contributed by atoms with Crippen molar-refractivity contribution in [3.63, 3.8) is 0 Å². The zero-order chi connectivity index (χ0) is 15.0. The second kappa shape index (κ2) is 8.99. The van der Waals surface area contributed by atoms with Crippen LogP contribution < -0.4 is 10.1 Å². The highest BCUT2D eigenvalue weighted by Gasteiger charge is 2.22. The van der Waals surface area contributed by atoms with Gasteiger partial charge < -0.3 is 14.5 Å². The van der Waals surface area contributed by atoms with E-state index in [-0.39, 0.29) is 0 Å². The first-order chi connectivity index (χ1) is 9.86. The Morgan fingerprint density at radius 3 is 2.50 bits per heavy atom. The minimum atomic E-state index is 0.544. The molecule has 1 atom stereocenters. The Morgan fingerprint density at radius 1 is 1.25 bits per heavy atom. The summed E-state index contributed by atoms with van der Waals surface area (Å²) in [5, 5.41) is 4.41. The van der Waals surface area contributed by atoms with Crippen molar-refractivity contribution in [1.29, 1.82) is 0 Å². The molecule has 112 valence electrons. The van der Waals surface area contributed by atoms with Gasteiger partial charge in [0.1, 0.15) is 17.1 Å². The number of furan rings is 1. The van der Waals surface area contributed by atoms with E-state index >= 15 is 0 Å². The molecule has 0 radical (unpaired) electrons. The fourth-order valence-electron chi connectivity index (χ4n) is 1.98. The Labute approximate surface area is 124 Å². The molecular weight excluding hydrogens is 269 g/mol. The number of fused-ring (bicyclic) bond motifs is 1. The van der Waals surface area contributed by atoms with Crippen LogP contribution in [0.3, 0.4) is 0 Å². The van der Waals surface area contributed by atoms with Crippen LogP contribution in [0.1, 0.15) is 32.4 Å². The molecule has 1 aliphatic heterocycles. The third kappa shape index (κ3) is 3.97. The molecule has 20 heavy (non-hydrogen) atoms. The van der Waals surface area contributed by atoms with E-state index in [9.17, 15) is 0 Å². The van der Waals surface area contributed by atoms with Gasteiger partial charge in [0, 0.05) is 30.5 Å². The Kier molecular flexibility index (Phi) is 7.64. The molecule has 3 nitrogen and oxygen atoms in total. The first-order valence-corrected chi connectivity index (χ1v) is 8.47. The van der Waals surface area contributed by atoms with E-state index in [2.05, 4.69) is 26.7 Å². The van der Waals surface area contributed by atoms with E-state index in [1.807, 2.05) is 39.6 Å². The summed E-state index contributed by atoms with van der Waals surface area (Å²) in [4.78, 5) is 0. The lowest BCUT2D eigenvalue weighted by Crippen LogP contribution is -2.39. The van der Waals surface area contributed by atoms with Crippen LogP contribution >= 0.6 is 9.24 Å². The molecule has 1 aromatic carbocycles.